The largest absolute Gasteiger partial charge is 0.493 e. The average Bonchev–Trinajstić information content (AvgIpc) is 3.20. The van der Waals surface area contributed by atoms with Gasteiger partial charge in [-0.1, -0.05) is 6.07 Å². The number of nitrogens with zero attached hydrogens (tertiary/aromatic N) is 4. The molecule has 0 saturated heterocycles. The number of rotatable bonds is 6. The van der Waals surface area contributed by atoms with E-state index in [9.17, 15) is 18.4 Å². The second-order valence-electron chi connectivity index (χ2n) is 6.76. The summed E-state index contributed by atoms with van der Waals surface area (Å²) in [5, 5.41) is 12.6. The van der Waals surface area contributed by atoms with Gasteiger partial charge in [-0.05, 0) is 43.3 Å². The number of nitrogens with one attached hydrogen (secondary N) is 2. The van der Waals surface area contributed by atoms with Crippen molar-refractivity contribution in [2.75, 3.05) is 11.9 Å². The number of aromatic nitrogens is 4. The Morgan fingerprint density at radius 1 is 1.16 bits per heavy atom. The number of halogens is 3. The minimum Gasteiger partial charge on any atom is -0.493 e. The van der Waals surface area contributed by atoms with Gasteiger partial charge in [-0.15, -0.1) is 0 Å². The number of benzene rings is 1. The first-order valence-corrected chi connectivity index (χ1v) is 9.68. The summed E-state index contributed by atoms with van der Waals surface area (Å²) in [6.07, 6.45) is -2.95. The van der Waals surface area contributed by atoms with Crippen LogP contribution in [0, 0.1) is 11.3 Å². The fraction of sp³-hybridized carbons (Fsp3) is 0.182. The Labute approximate surface area is 180 Å². The van der Waals surface area contributed by atoms with E-state index >= 15 is 0 Å². The Hall–Kier alpha value is -4.13. The molecule has 0 atom stereocenters. The number of anilines is 1. The molecule has 10 heteroatoms. The van der Waals surface area contributed by atoms with E-state index in [-0.39, 0.29) is 29.3 Å². The molecule has 32 heavy (non-hydrogen) atoms. The van der Waals surface area contributed by atoms with Gasteiger partial charge in [-0.3, -0.25) is 0 Å². The van der Waals surface area contributed by atoms with Crippen LogP contribution in [0.15, 0.2) is 48.7 Å². The SMILES string of the molecule is CCOc1ccc(-c2cc3[nH]c(CNc4ccccn4)nc3c(C#N)n2)cc1C(F)(F)F. The third kappa shape index (κ3) is 4.32. The van der Waals surface area contributed by atoms with Gasteiger partial charge in [0.1, 0.15) is 29.0 Å². The van der Waals surface area contributed by atoms with Crippen molar-refractivity contribution in [3.05, 3.63) is 65.7 Å². The first-order chi connectivity index (χ1) is 15.4. The molecule has 2 N–H and O–H groups in total. The highest BCUT2D eigenvalue weighted by Gasteiger charge is 2.35. The zero-order valence-electron chi connectivity index (χ0n) is 16.9. The maximum Gasteiger partial charge on any atom is 0.419 e. The summed E-state index contributed by atoms with van der Waals surface area (Å²) in [7, 11) is 0. The maximum absolute atomic E-state index is 13.5. The molecule has 0 unspecified atom stereocenters. The van der Waals surface area contributed by atoms with Gasteiger partial charge in [0.25, 0.3) is 0 Å². The highest BCUT2D eigenvalue weighted by molar-refractivity contribution is 5.84. The molecule has 7 nitrogen and oxygen atoms in total. The van der Waals surface area contributed by atoms with Crippen molar-refractivity contribution in [1.82, 2.24) is 19.9 Å². The fourth-order valence-electron chi connectivity index (χ4n) is 3.21. The monoisotopic (exact) mass is 438 g/mol. The predicted octanol–water partition coefficient (Wildman–Crippen LogP) is 4.92. The van der Waals surface area contributed by atoms with Gasteiger partial charge in [0, 0.05) is 11.8 Å². The second-order valence-corrected chi connectivity index (χ2v) is 6.76. The Morgan fingerprint density at radius 2 is 2.00 bits per heavy atom. The second kappa shape index (κ2) is 8.55. The Bertz CT molecular complexity index is 1300. The zero-order chi connectivity index (χ0) is 22.7. The van der Waals surface area contributed by atoms with E-state index in [1.807, 2.05) is 12.1 Å². The molecule has 4 rings (SSSR count). The van der Waals surface area contributed by atoms with Crippen molar-refractivity contribution in [3.8, 4) is 23.1 Å². The summed E-state index contributed by atoms with van der Waals surface area (Å²) >= 11 is 0. The number of fused-ring (bicyclic) bond motifs is 1. The van der Waals surface area contributed by atoms with E-state index in [0.29, 0.717) is 29.2 Å². The quantitative estimate of drug-likeness (QED) is 0.443. The molecule has 0 aliphatic heterocycles. The van der Waals surface area contributed by atoms with Crippen LogP contribution < -0.4 is 10.1 Å². The summed E-state index contributed by atoms with van der Waals surface area (Å²) in [4.78, 5) is 15.9. The van der Waals surface area contributed by atoms with Crippen molar-refractivity contribution in [2.24, 2.45) is 0 Å². The first kappa shape index (κ1) is 21.1. The van der Waals surface area contributed by atoms with Gasteiger partial charge in [0.2, 0.25) is 0 Å². The molecular weight excluding hydrogens is 421 g/mol. The molecule has 3 aromatic heterocycles. The number of hydrogen-bond donors (Lipinski definition) is 2. The number of aromatic amines is 1. The smallest absolute Gasteiger partial charge is 0.419 e. The highest BCUT2D eigenvalue weighted by atomic mass is 19.4. The van der Waals surface area contributed by atoms with Crippen molar-refractivity contribution in [1.29, 1.82) is 5.26 Å². The van der Waals surface area contributed by atoms with E-state index in [4.69, 9.17) is 4.74 Å². The number of ether oxygens (including phenoxy) is 1. The third-order valence-corrected chi connectivity index (χ3v) is 4.61. The van der Waals surface area contributed by atoms with Crippen LogP contribution in [0.25, 0.3) is 22.3 Å². The minimum atomic E-state index is -4.60. The molecule has 0 aliphatic rings. The van der Waals surface area contributed by atoms with Gasteiger partial charge < -0.3 is 15.0 Å². The molecule has 0 bridgehead atoms. The van der Waals surface area contributed by atoms with Gasteiger partial charge in [-0.2, -0.15) is 18.4 Å². The lowest BCUT2D eigenvalue weighted by molar-refractivity contribution is -0.138. The van der Waals surface area contributed by atoms with Crippen LogP contribution in [0.4, 0.5) is 19.0 Å². The zero-order valence-corrected chi connectivity index (χ0v) is 16.9. The molecule has 0 amide bonds. The number of H-pyrrole nitrogens is 1. The van der Waals surface area contributed by atoms with Gasteiger partial charge in [-0.25, -0.2) is 15.0 Å². The molecule has 0 fully saturated rings. The molecule has 4 aromatic rings. The molecule has 0 aliphatic carbocycles. The number of pyridine rings is 2. The van der Waals surface area contributed by atoms with Crippen LogP contribution in [-0.4, -0.2) is 26.5 Å². The molecule has 0 saturated carbocycles. The van der Waals surface area contributed by atoms with Crippen LogP contribution in [0.2, 0.25) is 0 Å². The molecule has 162 valence electrons. The Balaban J connectivity index is 1.71. The van der Waals surface area contributed by atoms with E-state index in [1.54, 1.807) is 31.3 Å². The van der Waals surface area contributed by atoms with Gasteiger partial charge in [0.15, 0.2) is 5.69 Å². The lowest BCUT2D eigenvalue weighted by Crippen LogP contribution is -2.09. The maximum atomic E-state index is 13.5. The van der Waals surface area contributed by atoms with E-state index in [2.05, 4.69) is 25.3 Å². The summed E-state index contributed by atoms with van der Waals surface area (Å²) in [5.41, 5.74) is 0.377. The summed E-state index contributed by atoms with van der Waals surface area (Å²) < 4.78 is 45.7. The lowest BCUT2D eigenvalue weighted by atomic mass is 10.1. The van der Waals surface area contributed by atoms with E-state index < -0.39 is 11.7 Å². The Kier molecular flexibility index (Phi) is 5.64. The summed E-state index contributed by atoms with van der Waals surface area (Å²) in [6.45, 7) is 2.03. The number of imidazole rings is 1. The number of nitriles is 1. The van der Waals surface area contributed by atoms with Gasteiger partial charge in [0.05, 0.1) is 29.9 Å². The van der Waals surface area contributed by atoms with Crippen LogP contribution in [-0.2, 0) is 12.7 Å². The number of hydrogen-bond acceptors (Lipinski definition) is 6. The van der Waals surface area contributed by atoms with Crippen molar-refractivity contribution in [2.45, 2.75) is 19.6 Å². The number of alkyl halides is 3. The summed E-state index contributed by atoms with van der Waals surface area (Å²) in [5.74, 6) is 0.930. The fourth-order valence-corrected chi connectivity index (χ4v) is 3.21. The average molecular weight is 438 g/mol. The molecule has 0 spiro atoms. The third-order valence-electron chi connectivity index (χ3n) is 4.61. The Morgan fingerprint density at radius 3 is 2.69 bits per heavy atom. The van der Waals surface area contributed by atoms with E-state index in [0.717, 1.165) is 6.07 Å². The van der Waals surface area contributed by atoms with Gasteiger partial charge >= 0.3 is 6.18 Å². The molecule has 1 aromatic carbocycles. The van der Waals surface area contributed by atoms with E-state index in [1.165, 1.54) is 12.1 Å². The topological polar surface area (TPSA) is 99.5 Å². The van der Waals surface area contributed by atoms with Crippen LogP contribution >= 0.6 is 0 Å². The summed E-state index contributed by atoms with van der Waals surface area (Å²) in [6, 6.07) is 12.7. The first-order valence-electron chi connectivity index (χ1n) is 9.68. The highest BCUT2D eigenvalue weighted by Crippen LogP contribution is 2.39. The lowest BCUT2D eigenvalue weighted by Gasteiger charge is -2.14. The molecule has 0 radical (unpaired) electrons. The predicted molar refractivity (Wildman–Crippen MR) is 112 cm³/mol. The normalized spacial score (nSPS) is 11.3. The van der Waals surface area contributed by atoms with Crippen LogP contribution in [0.1, 0.15) is 24.0 Å². The van der Waals surface area contributed by atoms with Crippen molar-refractivity contribution < 1.29 is 17.9 Å². The van der Waals surface area contributed by atoms with Crippen molar-refractivity contribution >= 4 is 16.9 Å². The van der Waals surface area contributed by atoms with Crippen LogP contribution in [0.3, 0.4) is 0 Å². The standard InChI is InChI=1S/C22H17F3N6O/c1-2-32-18-7-6-13(9-14(18)22(23,24)25)15-10-16-21(17(11-26)29-15)31-20(30-16)12-28-19-5-3-4-8-27-19/h3-10H,2,12H2,1H3,(H,27,28)(H,30,31). The van der Waals surface area contributed by atoms with Crippen LogP contribution in [0.5, 0.6) is 5.75 Å². The molecular formula is C22H17F3N6O. The molecule has 3 heterocycles. The minimum absolute atomic E-state index is 0.0141. The van der Waals surface area contributed by atoms with Crippen molar-refractivity contribution in [3.63, 3.8) is 0 Å².